The van der Waals surface area contributed by atoms with Crippen LogP contribution in [0.3, 0.4) is 0 Å². The van der Waals surface area contributed by atoms with E-state index in [0.29, 0.717) is 0 Å². The molecule has 130 valence electrons. The molecule has 0 amide bonds. The second kappa shape index (κ2) is 7.53. The van der Waals surface area contributed by atoms with Crippen LogP contribution in [0.4, 0.5) is 18.9 Å². The van der Waals surface area contributed by atoms with Crippen LogP contribution in [0.25, 0.3) is 0 Å². The average molecular weight is 397 g/mol. The van der Waals surface area contributed by atoms with E-state index in [9.17, 15) is 13.2 Å². The summed E-state index contributed by atoms with van der Waals surface area (Å²) in [5.74, 6) is -2.76. The summed E-state index contributed by atoms with van der Waals surface area (Å²) in [7, 11) is 0. The lowest BCUT2D eigenvalue weighted by Gasteiger charge is -2.40. The molecule has 0 radical (unpaired) electrons. The van der Waals surface area contributed by atoms with Gasteiger partial charge in [0.2, 0.25) is 0 Å². The van der Waals surface area contributed by atoms with Gasteiger partial charge in [-0.2, -0.15) is 13.2 Å². The van der Waals surface area contributed by atoms with Crippen molar-refractivity contribution >= 4 is 27.6 Å². The number of hydrogen-bond acceptors (Lipinski definition) is 3. The molecule has 0 spiro atoms. The quantitative estimate of drug-likeness (QED) is 0.767. The van der Waals surface area contributed by atoms with Crippen molar-refractivity contribution in [3.05, 3.63) is 28.7 Å². The lowest BCUT2D eigenvalue weighted by Crippen LogP contribution is -2.49. The molecule has 2 rings (SSSR count). The number of benzene rings is 1. The third-order valence-electron chi connectivity index (χ3n) is 3.18. The molecule has 0 saturated carbocycles. The van der Waals surface area contributed by atoms with Crippen molar-refractivity contribution in [1.29, 1.82) is 0 Å². The Morgan fingerprint density at radius 3 is 2.13 bits per heavy atom. The fourth-order valence-electron chi connectivity index (χ4n) is 2.22. The zero-order valence-corrected chi connectivity index (χ0v) is 14.8. The molecule has 1 fully saturated rings. The topological polar surface area (TPSA) is 43.8 Å². The van der Waals surface area contributed by atoms with E-state index >= 15 is 0 Å². The lowest BCUT2D eigenvalue weighted by atomic mass is 10.1. The Balaban J connectivity index is 0.000000322. The van der Waals surface area contributed by atoms with E-state index in [2.05, 4.69) is 71.0 Å². The number of hydrazine groups is 1. The molecule has 1 N–H and O–H groups in total. The van der Waals surface area contributed by atoms with E-state index in [1.165, 1.54) is 16.6 Å². The van der Waals surface area contributed by atoms with Crippen LogP contribution in [0.5, 0.6) is 0 Å². The zero-order valence-electron chi connectivity index (χ0n) is 13.2. The van der Waals surface area contributed by atoms with Crippen molar-refractivity contribution in [1.82, 2.24) is 5.01 Å². The second-order valence-electron chi connectivity index (χ2n) is 6.02. The Hall–Kier alpha value is -1.28. The van der Waals surface area contributed by atoms with Gasteiger partial charge in [-0.3, -0.25) is 0 Å². The Labute approximate surface area is 142 Å². The van der Waals surface area contributed by atoms with Gasteiger partial charge >= 0.3 is 12.1 Å². The second-order valence-corrected chi connectivity index (χ2v) is 6.88. The lowest BCUT2D eigenvalue weighted by molar-refractivity contribution is -0.192. The van der Waals surface area contributed by atoms with Gasteiger partial charge in [0.15, 0.2) is 0 Å². The summed E-state index contributed by atoms with van der Waals surface area (Å²) >= 11 is 3.63. The summed E-state index contributed by atoms with van der Waals surface area (Å²) in [4.78, 5) is 8.90. The average Bonchev–Trinajstić information content (AvgIpc) is 2.87. The maximum atomic E-state index is 10.6. The van der Waals surface area contributed by atoms with Gasteiger partial charge in [0, 0.05) is 23.1 Å². The zero-order chi connectivity index (χ0) is 17.8. The number of nitrogens with zero attached hydrogens (tertiary/aromatic N) is 2. The van der Waals surface area contributed by atoms with Crippen molar-refractivity contribution in [2.24, 2.45) is 0 Å². The third-order valence-corrected chi connectivity index (χ3v) is 3.85. The molecule has 0 atom stereocenters. The highest BCUT2D eigenvalue weighted by molar-refractivity contribution is 9.10. The van der Waals surface area contributed by atoms with Crippen LogP contribution in [-0.4, -0.2) is 40.9 Å². The fourth-order valence-corrected chi connectivity index (χ4v) is 2.71. The number of para-hydroxylation sites is 1. The van der Waals surface area contributed by atoms with Crippen molar-refractivity contribution in [3.63, 3.8) is 0 Å². The molecule has 0 aromatic heterocycles. The molecule has 0 aliphatic carbocycles. The molecule has 8 heteroatoms. The Kier molecular flexibility index (Phi) is 6.47. The van der Waals surface area contributed by atoms with Gasteiger partial charge in [-0.25, -0.2) is 9.80 Å². The highest BCUT2D eigenvalue weighted by Gasteiger charge is 2.38. The smallest absolute Gasteiger partial charge is 0.475 e. The van der Waals surface area contributed by atoms with Crippen LogP contribution in [0.15, 0.2) is 28.7 Å². The van der Waals surface area contributed by atoms with Crippen LogP contribution >= 0.6 is 15.9 Å². The fraction of sp³-hybridized carbons (Fsp3) is 0.533. The van der Waals surface area contributed by atoms with E-state index in [-0.39, 0.29) is 5.54 Å². The molecule has 1 aromatic carbocycles. The first-order chi connectivity index (χ1) is 10.4. The Morgan fingerprint density at radius 1 is 1.17 bits per heavy atom. The van der Waals surface area contributed by atoms with E-state index in [1.54, 1.807) is 0 Å². The predicted molar refractivity (Wildman–Crippen MR) is 86.3 cm³/mol. The van der Waals surface area contributed by atoms with Crippen LogP contribution in [0.1, 0.15) is 27.2 Å². The summed E-state index contributed by atoms with van der Waals surface area (Å²) < 4.78 is 32.9. The summed E-state index contributed by atoms with van der Waals surface area (Å²) in [5, 5.41) is 12.0. The molecule has 0 unspecified atom stereocenters. The van der Waals surface area contributed by atoms with Crippen LogP contribution < -0.4 is 5.01 Å². The number of halogens is 4. The Morgan fingerprint density at radius 2 is 1.70 bits per heavy atom. The van der Waals surface area contributed by atoms with Gasteiger partial charge in [0.05, 0.1) is 5.69 Å². The molecule has 1 saturated heterocycles. The van der Waals surface area contributed by atoms with Crippen molar-refractivity contribution in [2.75, 3.05) is 18.1 Å². The van der Waals surface area contributed by atoms with Gasteiger partial charge in [0.25, 0.3) is 0 Å². The number of aliphatic carboxylic acids is 1. The minimum Gasteiger partial charge on any atom is -0.475 e. The summed E-state index contributed by atoms with van der Waals surface area (Å²) in [6, 6.07) is 8.44. The number of alkyl halides is 3. The van der Waals surface area contributed by atoms with Gasteiger partial charge < -0.3 is 10.1 Å². The minimum atomic E-state index is -5.08. The van der Waals surface area contributed by atoms with Crippen molar-refractivity contribution in [2.45, 2.75) is 38.9 Å². The normalized spacial score (nSPS) is 16.0. The maximum absolute atomic E-state index is 10.6. The molecule has 23 heavy (non-hydrogen) atoms. The number of carboxylic acids is 1. The van der Waals surface area contributed by atoms with Gasteiger partial charge in [0.1, 0.15) is 0 Å². The first-order valence-electron chi connectivity index (χ1n) is 7.04. The first-order valence-corrected chi connectivity index (χ1v) is 7.83. The van der Waals surface area contributed by atoms with Crippen LogP contribution in [0.2, 0.25) is 0 Å². The largest absolute Gasteiger partial charge is 0.490 e. The maximum Gasteiger partial charge on any atom is 0.490 e. The molecule has 1 aliphatic heterocycles. The molecule has 1 aliphatic rings. The molecule has 1 aromatic rings. The summed E-state index contributed by atoms with van der Waals surface area (Å²) in [5.41, 5.74) is 1.46. The van der Waals surface area contributed by atoms with Crippen LogP contribution in [-0.2, 0) is 4.79 Å². The summed E-state index contributed by atoms with van der Waals surface area (Å²) in [6.45, 7) is 9.05. The molecule has 0 bridgehead atoms. The number of hydrogen-bond donors (Lipinski definition) is 1. The van der Waals surface area contributed by atoms with Gasteiger partial charge in [-0.05, 0) is 55.3 Å². The van der Waals surface area contributed by atoms with E-state index < -0.39 is 12.1 Å². The van der Waals surface area contributed by atoms with E-state index in [4.69, 9.17) is 9.90 Å². The van der Waals surface area contributed by atoms with Gasteiger partial charge in [-0.15, -0.1) is 0 Å². The standard InChI is InChI=1S/C13H19BrN2.C2HF3O2/c1-13(2,3)16-10-6-9-15(16)12-8-5-4-7-11(12)14;3-2(4,5)1(6)7/h4-5,7-8H,6,9-10H2,1-3H3;(H,6,7). The molecular formula is C15H20BrF3N2O2. The van der Waals surface area contributed by atoms with E-state index in [1.807, 2.05) is 0 Å². The number of carboxylic acid groups (broad SMARTS) is 1. The monoisotopic (exact) mass is 396 g/mol. The number of anilines is 1. The third kappa shape index (κ3) is 5.69. The van der Waals surface area contributed by atoms with Crippen LogP contribution in [0, 0.1) is 0 Å². The minimum absolute atomic E-state index is 0.186. The van der Waals surface area contributed by atoms with Crippen molar-refractivity contribution < 1.29 is 23.1 Å². The number of carbonyl (C=O) groups is 1. The van der Waals surface area contributed by atoms with Gasteiger partial charge in [-0.1, -0.05) is 12.1 Å². The first kappa shape index (κ1) is 19.8. The highest BCUT2D eigenvalue weighted by atomic mass is 79.9. The number of rotatable bonds is 1. The van der Waals surface area contributed by atoms with Crippen molar-refractivity contribution in [3.8, 4) is 0 Å². The highest BCUT2D eigenvalue weighted by Crippen LogP contribution is 2.32. The Bertz CT molecular complexity index is 544. The summed E-state index contributed by atoms with van der Waals surface area (Å²) in [6.07, 6.45) is -3.85. The predicted octanol–water partition coefficient (Wildman–Crippen LogP) is 4.31. The molecular weight excluding hydrogens is 377 g/mol. The van der Waals surface area contributed by atoms with E-state index in [0.717, 1.165) is 13.1 Å². The molecule has 1 heterocycles. The molecule has 4 nitrogen and oxygen atoms in total. The SMILES string of the molecule is CC(C)(C)N1CCCN1c1ccccc1Br.O=C(O)C(F)(F)F.